The van der Waals surface area contributed by atoms with E-state index in [4.69, 9.17) is 5.73 Å². The number of likely N-dealkylation sites (N-methyl/N-ethyl adjacent to an activating group) is 1. The Balaban J connectivity index is 1.97. The zero-order valence-electron chi connectivity index (χ0n) is 40.1. The van der Waals surface area contributed by atoms with Crippen LogP contribution in [0.5, 0.6) is 5.75 Å². The first-order valence-electron chi connectivity index (χ1n) is 22.8. The van der Waals surface area contributed by atoms with Crippen LogP contribution in [0.15, 0.2) is 96.7 Å². The van der Waals surface area contributed by atoms with Crippen LogP contribution in [-0.2, 0) is 44.8 Å². The first-order chi connectivity index (χ1) is 33.1. The summed E-state index contributed by atoms with van der Waals surface area (Å²) in [6.07, 6.45) is 5.84. The number of aliphatic hydroxyl groups is 2. The third kappa shape index (κ3) is 18.5. The molecule has 0 saturated heterocycles. The molecule has 0 aromatic heterocycles. The van der Waals surface area contributed by atoms with Crippen molar-refractivity contribution in [2.24, 2.45) is 11.7 Å². The van der Waals surface area contributed by atoms with E-state index in [9.17, 15) is 58.8 Å². The van der Waals surface area contributed by atoms with Gasteiger partial charge in [-0.05, 0) is 79.1 Å². The molecule has 3 aromatic carbocycles. The van der Waals surface area contributed by atoms with Gasteiger partial charge in [-0.2, -0.15) is 0 Å². The average Bonchev–Trinajstić information content (AvgIpc) is 3.30. The second-order valence-electron chi connectivity index (χ2n) is 17.1. The van der Waals surface area contributed by atoms with E-state index >= 15 is 0 Å². The van der Waals surface area contributed by atoms with Gasteiger partial charge in [0.15, 0.2) is 0 Å². The summed E-state index contributed by atoms with van der Waals surface area (Å²) in [5.74, 6) is -8.60. The monoisotopic (exact) mass is 967 g/mol. The van der Waals surface area contributed by atoms with Gasteiger partial charge in [0.05, 0.1) is 18.6 Å². The van der Waals surface area contributed by atoms with Gasteiger partial charge >= 0.3 is 5.97 Å². The fourth-order valence-electron chi connectivity index (χ4n) is 6.91. The van der Waals surface area contributed by atoms with Gasteiger partial charge in [-0.1, -0.05) is 106 Å². The molecule has 11 N–H and O–H groups in total. The lowest BCUT2D eigenvalue weighted by Crippen LogP contribution is -2.61. The highest BCUT2D eigenvalue weighted by Crippen LogP contribution is 2.18. The lowest BCUT2D eigenvalue weighted by Gasteiger charge is -2.29. The second kappa shape index (κ2) is 28.0. The summed E-state index contributed by atoms with van der Waals surface area (Å²) >= 11 is 0. The van der Waals surface area contributed by atoms with Crippen molar-refractivity contribution in [1.82, 2.24) is 31.5 Å². The molecule has 7 atom stereocenters. The van der Waals surface area contributed by atoms with Crippen LogP contribution < -0.4 is 32.3 Å². The quantitative estimate of drug-likeness (QED) is 0.0518. The maximum absolute atomic E-state index is 14.5. The average molecular weight is 968 g/mol. The molecule has 0 aliphatic rings. The van der Waals surface area contributed by atoms with E-state index in [-0.39, 0.29) is 30.2 Å². The minimum Gasteiger partial charge on any atom is -0.508 e. The third-order valence-electron chi connectivity index (χ3n) is 10.7. The molecule has 3 aromatic rings. The summed E-state index contributed by atoms with van der Waals surface area (Å²) in [6, 6.07) is 13.4. The zero-order valence-corrected chi connectivity index (χ0v) is 40.1. The fourth-order valence-corrected chi connectivity index (χ4v) is 6.91. The number of nitrogens with zero attached hydrogens (tertiary/aromatic N) is 1. The van der Waals surface area contributed by atoms with Crippen LogP contribution in [0, 0.1) is 5.92 Å². The van der Waals surface area contributed by atoms with E-state index in [1.165, 1.54) is 50.4 Å². The van der Waals surface area contributed by atoms with Gasteiger partial charge in [-0.25, -0.2) is 4.79 Å². The van der Waals surface area contributed by atoms with Crippen LogP contribution in [0.4, 0.5) is 0 Å². The summed E-state index contributed by atoms with van der Waals surface area (Å²) in [5, 5.41) is 53.1. The van der Waals surface area contributed by atoms with Crippen molar-refractivity contribution in [3.05, 3.63) is 119 Å². The van der Waals surface area contributed by atoms with E-state index in [0.29, 0.717) is 11.1 Å². The third-order valence-corrected chi connectivity index (χ3v) is 10.7. The normalized spacial score (nSPS) is 14.6. The minimum absolute atomic E-state index is 0.00718. The molecular weight excluding hydrogens is 903 g/mol. The molecule has 0 saturated carbocycles. The van der Waals surface area contributed by atoms with Gasteiger partial charge in [0, 0.05) is 19.5 Å². The number of hydrogen-bond donors (Lipinski definition) is 10. The van der Waals surface area contributed by atoms with Crippen molar-refractivity contribution in [3.8, 4) is 5.75 Å². The summed E-state index contributed by atoms with van der Waals surface area (Å²) in [5.41, 5.74) is 7.26. The highest BCUT2D eigenvalue weighted by molar-refractivity contribution is 6.05. The first-order valence-corrected chi connectivity index (χ1v) is 22.8. The number of aromatic hydroxyl groups is 1. The molecule has 376 valence electrons. The number of phenolic OH excluding ortho intramolecular Hbond substituents is 1. The molecule has 0 fully saturated rings. The van der Waals surface area contributed by atoms with Crippen molar-refractivity contribution < 1.29 is 58.8 Å². The predicted octanol–water partition coefficient (Wildman–Crippen LogP) is 2.15. The van der Waals surface area contributed by atoms with Gasteiger partial charge in [0.25, 0.3) is 11.8 Å². The van der Waals surface area contributed by atoms with E-state index in [1.54, 1.807) is 50.3 Å². The Morgan fingerprint density at radius 3 is 1.81 bits per heavy atom. The van der Waals surface area contributed by atoms with Crippen LogP contribution in [0.25, 0.3) is 18.2 Å². The second-order valence-corrected chi connectivity index (χ2v) is 17.1. The molecule has 0 bridgehead atoms. The Bertz CT molecular complexity index is 2380. The molecule has 0 aliphatic heterocycles. The van der Waals surface area contributed by atoms with Crippen molar-refractivity contribution in [3.63, 3.8) is 0 Å². The Labute approximate surface area is 407 Å². The number of aliphatic hydroxyl groups excluding tert-OH is 2. The van der Waals surface area contributed by atoms with Gasteiger partial charge in [0.1, 0.15) is 41.7 Å². The van der Waals surface area contributed by atoms with Crippen LogP contribution in [0.2, 0.25) is 0 Å². The van der Waals surface area contributed by atoms with Crippen LogP contribution in [0.3, 0.4) is 0 Å². The number of amides is 7. The molecule has 1 unspecified atom stereocenters. The van der Waals surface area contributed by atoms with Crippen molar-refractivity contribution in [2.75, 3.05) is 7.05 Å². The summed E-state index contributed by atoms with van der Waals surface area (Å²) < 4.78 is 0. The number of carbonyl (C=O) groups excluding carboxylic acids is 7. The number of primary amides is 1. The number of carboxylic acid groups (broad SMARTS) is 1. The molecule has 0 aliphatic carbocycles. The van der Waals surface area contributed by atoms with Gasteiger partial charge in [-0.3, -0.25) is 33.6 Å². The number of hydrogen-bond acceptors (Lipinski definition) is 11. The Morgan fingerprint density at radius 2 is 1.26 bits per heavy atom. The van der Waals surface area contributed by atoms with Crippen LogP contribution in [0.1, 0.15) is 82.6 Å². The van der Waals surface area contributed by atoms with Crippen molar-refractivity contribution in [2.45, 2.75) is 109 Å². The fraction of sp³-hybridized carbons (Fsp3) is 0.373. The molecule has 19 nitrogen and oxygen atoms in total. The first kappa shape index (κ1) is 56.7. The maximum Gasteiger partial charge on any atom is 0.326 e. The minimum atomic E-state index is -1.78. The van der Waals surface area contributed by atoms with Crippen LogP contribution in [-0.4, -0.2) is 122 Å². The van der Waals surface area contributed by atoms with Crippen molar-refractivity contribution >= 4 is 65.5 Å². The Morgan fingerprint density at radius 1 is 0.686 bits per heavy atom. The highest BCUT2D eigenvalue weighted by atomic mass is 16.4. The lowest BCUT2D eigenvalue weighted by atomic mass is 10.00. The van der Waals surface area contributed by atoms with E-state index < -0.39 is 96.2 Å². The highest BCUT2D eigenvalue weighted by Gasteiger charge is 2.36. The Hall–Kier alpha value is -7.64. The lowest BCUT2D eigenvalue weighted by molar-refractivity contribution is -0.144. The summed E-state index contributed by atoms with van der Waals surface area (Å²) in [6.45, 7) is 8.03. The summed E-state index contributed by atoms with van der Waals surface area (Å²) in [7, 11) is 1.24. The number of carboxylic acids is 1. The van der Waals surface area contributed by atoms with Gasteiger partial charge in [0.2, 0.25) is 29.5 Å². The predicted molar refractivity (Wildman–Crippen MR) is 262 cm³/mol. The maximum atomic E-state index is 14.5. The molecule has 19 heteroatoms. The van der Waals surface area contributed by atoms with E-state index in [1.807, 2.05) is 36.4 Å². The SMILES string of the molecule is CCC/C=C\c1ccccc1/C=C/C(=O)N[C@H](C(=O)N(C)/C(=C/c1ccc(O)cc1)C(=O)N[C@@H](CC(C)C)C(=O)N[C@H](Cc1ccccc1)C(=O)N[C@H](C(=O)N[C@@H](CC(N)=O)C(=O)O)C(C)O)[C@H](C)O. The molecule has 0 radical (unpaired) electrons. The topological polar surface area (TPSA) is 307 Å². The number of nitrogens with two attached hydrogens (primary N) is 1. The summed E-state index contributed by atoms with van der Waals surface area (Å²) in [4.78, 5) is 108. The molecule has 3 rings (SSSR count). The van der Waals surface area contributed by atoms with E-state index in [0.717, 1.165) is 35.8 Å². The van der Waals surface area contributed by atoms with Crippen molar-refractivity contribution in [1.29, 1.82) is 0 Å². The molecule has 0 heterocycles. The molecular formula is C51H65N7O12. The number of benzene rings is 3. The number of allylic oxidation sites excluding steroid dienone is 1. The van der Waals surface area contributed by atoms with Gasteiger partial charge < -0.3 is 57.6 Å². The van der Waals surface area contributed by atoms with Gasteiger partial charge in [-0.15, -0.1) is 0 Å². The number of carbonyl (C=O) groups is 8. The number of unbranched alkanes of at least 4 members (excludes halogenated alkanes) is 1. The smallest absolute Gasteiger partial charge is 0.326 e. The number of rotatable bonds is 26. The molecule has 70 heavy (non-hydrogen) atoms. The molecule has 0 spiro atoms. The number of nitrogens with one attached hydrogen (secondary N) is 5. The molecule has 7 amide bonds. The number of aliphatic carboxylic acids is 1. The van der Waals surface area contributed by atoms with E-state index in [2.05, 4.69) is 33.5 Å². The zero-order chi connectivity index (χ0) is 52.1. The standard InChI is InChI=1S/C51H65N7O12/c1-7-8-10-17-35-18-13-14-19-36(35)22-25-43(63)56-45(32(5)60)50(68)58(6)41(28-34-20-23-37(61)24-21-34)48(66)54-38(26-30(2)3)46(64)53-39(27-33-15-11-9-12-16-33)47(65)57-44(31(4)59)49(67)55-40(51(69)70)29-42(52)62/h9-25,28,30-32,38-40,44-45,59-61H,7-8,26-27,29H2,1-6H3,(H2,52,62)(H,53,64)(H,54,66)(H,55,67)(H,56,63)(H,57,65)(H,69,70)/b17-10-,25-22+,41-28+/t31?,32-,38-,39+,40-,44-,45-/m0/s1. The Kier molecular flexibility index (Phi) is 22.7. The largest absolute Gasteiger partial charge is 0.508 e. The number of phenols is 1. The van der Waals surface area contributed by atoms with Crippen LogP contribution >= 0.6 is 0 Å².